The Morgan fingerprint density at radius 1 is 0.885 bits per heavy atom. The van der Waals surface area contributed by atoms with Crippen molar-refractivity contribution in [1.82, 2.24) is 0 Å². The van der Waals surface area contributed by atoms with Crippen LogP contribution < -0.4 is 15.4 Å². The minimum Gasteiger partial charge on any atom is -0.484 e. The lowest BCUT2D eigenvalue weighted by Crippen LogP contribution is -2.20. The number of carbonyl (C=O) groups is 2. The summed E-state index contributed by atoms with van der Waals surface area (Å²) in [5.41, 5.74) is 3.55. The molecule has 0 heterocycles. The first-order chi connectivity index (χ1) is 12.3. The maximum Gasteiger partial charge on any atom is 0.262 e. The average Bonchev–Trinajstić information content (AvgIpc) is 2.53. The van der Waals surface area contributed by atoms with Gasteiger partial charge in [0.15, 0.2) is 6.61 Å². The number of ether oxygens (including phenoxy) is 1. The van der Waals surface area contributed by atoms with E-state index in [4.69, 9.17) is 4.74 Å². The molecule has 2 rings (SSSR count). The lowest BCUT2D eigenvalue weighted by atomic mass is 10.1. The number of hydrogen-bond donors (Lipinski definition) is 2. The van der Waals surface area contributed by atoms with Crippen LogP contribution in [0.4, 0.5) is 11.4 Å². The number of rotatable bonds is 7. The Morgan fingerprint density at radius 2 is 1.38 bits per heavy atom. The van der Waals surface area contributed by atoms with Crippen molar-refractivity contribution in [3.05, 3.63) is 53.6 Å². The summed E-state index contributed by atoms with van der Waals surface area (Å²) in [6.45, 7) is 7.91. The Hall–Kier alpha value is -2.82. The van der Waals surface area contributed by atoms with E-state index in [9.17, 15) is 9.59 Å². The van der Waals surface area contributed by atoms with Gasteiger partial charge in [-0.3, -0.25) is 9.59 Å². The number of benzene rings is 2. The zero-order valence-corrected chi connectivity index (χ0v) is 15.8. The van der Waals surface area contributed by atoms with Crippen molar-refractivity contribution in [1.29, 1.82) is 0 Å². The van der Waals surface area contributed by atoms with E-state index in [1.165, 1.54) is 0 Å². The van der Waals surface area contributed by atoms with E-state index in [0.717, 1.165) is 11.1 Å². The molecule has 26 heavy (non-hydrogen) atoms. The summed E-state index contributed by atoms with van der Waals surface area (Å²) in [6.07, 6.45) is 0.480. The topological polar surface area (TPSA) is 67.4 Å². The van der Waals surface area contributed by atoms with Gasteiger partial charge in [-0.05, 0) is 67.3 Å². The first-order valence-electron chi connectivity index (χ1n) is 8.72. The molecule has 0 aliphatic rings. The minimum absolute atomic E-state index is 0.0152. The van der Waals surface area contributed by atoms with Crippen LogP contribution in [0.5, 0.6) is 5.75 Å². The maximum atomic E-state index is 12.0. The van der Waals surface area contributed by atoms with Gasteiger partial charge in [0.1, 0.15) is 5.75 Å². The molecular weight excluding hydrogens is 328 g/mol. The summed E-state index contributed by atoms with van der Waals surface area (Å²) in [5.74, 6) is 0.742. The predicted octanol–water partition coefficient (Wildman–Crippen LogP) is 4.31. The third-order valence-electron chi connectivity index (χ3n) is 3.61. The van der Waals surface area contributed by atoms with Gasteiger partial charge in [-0.1, -0.05) is 19.9 Å². The molecule has 0 radical (unpaired) electrons. The van der Waals surface area contributed by atoms with Crippen LogP contribution in [-0.2, 0) is 9.59 Å². The smallest absolute Gasteiger partial charge is 0.262 e. The summed E-state index contributed by atoms with van der Waals surface area (Å²) in [4.78, 5) is 23.8. The molecule has 2 amide bonds. The van der Waals surface area contributed by atoms with Crippen LogP contribution in [0.2, 0.25) is 0 Å². The van der Waals surface area contributed by atoms with Crippen molar-refractivity contribution in [2.45, 2.75) is 34.1 Å². The van der Waals surface area contributed by atoms with Gasteiger partial charge in [-0.25, -0.2) is 0 Å². The van der Waals surface area contributed by atoms with Gasteiger partial charge < -0.3 is 15.4 Å². The van der Waals surface area contributed by atoms with E-state index in [1.807, 2.05) is 39.8 Å². The maximum absolute atomic E-state index is 12.0. The van der Waals surface area contributed by atoms with E-state index in [1.54, 1.807) is 24.3 Å². The Labute approximate surface area is 154 Å². The molecule has 0 bridgehead atoms. The van der Waals surface area contributed by atoms with Gasteiger partial charge in [0.25, 0.3) is 5.91 Å². The van der Waals surface area contributed by atoms with Crippen LogP contribution in [0, 0.1) is 19.8 Å². The van der Waals surface area contributed by atoms with Crippen LogP contribution in [0.15, 0.2) is 42.5 Å². The molecule has 2 N–H and O–H groups in total. The molecule has 0 atom stereocenters. The lowest BCUT2D eigenvalue weighted by molar-refractivity contribution is -0.118. The number of aryl methyl sites for hydroxylation is 2. The summed E-state index contributed by atoms with van der Waals surface area (Å²) < 4.78 is 5.55. The molecule has 5 nitrogen and oxygen atoms in total. The molecule has 2 aromatic rings. The average molecular weight is 354 g/mol. The number of anilines is 2. The number of hydrogen-bond acceptors (Lipinski definition) is 3. The second kappa shape index (κ2) is 9.04. The second-order valence-electron chi connectivity index (χ2n) is 6.88. The molecule has 0 aliphatic carbocycles. The molecule has 0 aromatic heterocycles. The van der Waals surface area contributed by atoms with Crippen LogP contribution in [-0.4, -0.2) is 18.4 Å². The summed E-state index contributed by atoms with van der Waals surface area (Å²) in [7, 11) is 0. The predicted molar refractivity (Wildman–Crippen MR) is 105 cm³/mol. The highest BCUT2D eigenvalue weighted by Crippen LogP contribution is 2.17. The normalized spacial score (nSPS) is 10.5. The Kier molecular flexibility index (Phi) is 6.78. The van der Waals surface area contributed by atoms with E-state index < -0.39 is 0 Å². The Balaban J connectivity index is 1.84. The number of amides is 2. The zero-order valence-electron chi connectivity index (χ0n) is 15.8. The first-order valence-corrected chi connectivity index (χ1v) is 8.72. The van der Waals surface area contributed by atoms with Crippen molar-refractivity contribution in [3.63, 3.8) is 0 Å². The monoisotopic (exact) mass is 354 g/mol. The van der Waals surface area contributed by atoms with Crippen LogP contribution >= 0.6 is 0 Å². The Bertz CT molecular complexity index is 747. The third kappa shape index (κ3) is 6.59. The fraction of sp³-hybridized carbons (Fsp3) is 0.333. The largest absolute Gasteiger partial charge is 0.484 e. The number of nitrogens with one attached hydrogen (secondary N) is 2. The van der Waals surface area contributed by atoms with Crippen molar-refractivity contribution in [2.24, 2.45) is 5.92 Å². The third-order valence-corrected chi connectivity index (χ3v) is 3.61. The van der Waals surface area contributed by atoms with Gasteiger partial charge in [-0.2, -0.15) is 0 Å². The van der Waals surface area contributed by atoms with Crippen molar-refractivity contribution in [2.75, 3.05) is 17.2 Å². The summed E-state index contributed by atoms with van der Waals surface area (Å²) in [5, 5.41) is 5.61. The van der Waals surface area contributed by atoms with E-state index in [2.05, 4.69) is 16.7 Å². The van der Waals surface area contributed by atoms with E-state index in [0.29, 0.717) is 29.5 Å². The van der Waals surface area contributed by atoms with Gasteiger partial charge in [-0.15, -0.1) is 0 Å². The molecule has 138 valence electrons. The molecular formula is C21H26N2O3. The lowest BCUT2D eigenvalue weighted by Gasteiger charge is -2.10. The fourth-order valence-corrected chi connectivity index (χ4v) is 2.58. The standard InChI is InChI=1S/C21H26N2O3/c1-14(2)9-20(24)22-17-5-7-18(8-6-17)23-21(25)13-26-19-11-15(3)10-16(4)12-19/h5-8,10-12,14H,9,13H2,1-4H3,(H,22,24)(H,23,25). The van der Waals surface area contributed by atoms with Crippen molar-refractivity contribution >= 4 is 23.2 Å². The molecule has 0 unspecified atom stereocenters. The van der Waals surface area contributed by atoms with Crippen LogP contribution in [0.25, 0.3) is 0 Å². The molecule has 0 fully saturated rings. The van der Waals surface area contributed by atoms with Crippen LogP contribution in [0.3, 0.4) is 0 Å². The second-order valence-corrected chi connectivity index (χ2v) is 6.88. The summed E-state index contributed by atoms with van der Waals surface area (Å²) >= 11 is 0. The molecule has 0 spiro atoms. The molecule has 5 heteroatoms. The minimum atomic E-state index is -0.235. The van der Waals surface area contributed by atoms with E-state index in [-0.39, 0.29) is 18.4 Å². The molecule has 0 saturated heterocycles. The van der Waals surface area contributed by atoms with Crippen LogP contribution in [0.1, 0.15) is 31.4 Å². The first kappa shape index (κ1) is 19.5. The fourth-order valence-electron chi connectivity index (χ4n) is 2.58. The zero-order chi connectivity index (χ0) is 19.1. The highest BCUT2D eigenvalue weighted by Gasteiger charge is 2.07. The van der Waals surface area contributed by atoms with Crippen molar-refractivity contribution < 1.29 is 14.3 Å². The quantitative estimate of drug-likeness (QED) is 0.779. The SMILES string of the molecule is Cc1cc(C)cc(OCC(=O)Nc2ccc(NC(=O)CC(C)C)cc2)c1. The van der Waals surface area contributed by atoms with Gasteiger partial charge in [0, 0.05) is 17.8 Å². The highest BCUT2D eigenvalue weighted by atomic mass is 16.5. The molecule has 2 aromatic carbocycles. The van der Waals surface area contributed by atoms with Gasteiger partial charge >= 0.3 is 0 Å². The summed E-state index contributed by atoms with van der Waals surface area (Å²) in [6, 6.07) is 12.9. The van der Waals surface area contributed by atoms with Gasteiger partial charge in [0.2, 0.25) is 5.91 Å². The molecule has 0 saturated carbocycles. The van der Waals surface area contributed by atoms with Gasteiger partial charge in [0.05, 0.1) is 0 Å². The highest BCUT2D eigenvalue weighted by molar-refractivity contribution is 5.93. The van der Waals surface area contributed by atoms with E-state index >= 15 is 0 Å². The Morgan fingerprint density at radius 3 is 1.88 bits per heavy atom. The number of carbonyl (C=O) groups excluding carboxylic acids is 2. The molecule has 0 aliphatic heterocycles. The van der Waals surface area contributed by atoms with Crippen molar-refractivity contribution in [3.8, 4) is 5.75 Å².